The molecule has 1 fully saturated rings. The summed E-state index contributed by atoms with van der Waals surface area (Å²) in [5.41, 5.74) is 1.24. The number of aromatic nitrogens is 4. The Morgan fingerprint density at radius 1 is 1.11 bits per heavy atom. The highest BCUT2D eigenvalue weighted by atomic mass is 32.2. The summed E-state index contributed by atoms with van der Waals surface area (Å²) in [4.78, 5) is 37.0. The molecule has 0 radical (unpaired) electrons. The van der Waals surface area contributed by atoms with Crippen molar-refractivity contribution in [3.05, 3.63) is 99.6 Å². The molecule has 0 bridgehead atoms. The Labute approximate surface area is 215 Å². The van der Waals surface area contributed by atoms with Crippen LogP contribution >= 0.6 is 24.0 Å². The van der Waals surface area contributed by atoms with Crippen LogP contribution in [0.2, 0.25) is 0 Å². The average Bonchev–Trinajstić information content (AvgIpc) is 3.49. The number of halogens is 1. The molecule has 11 heteroatoms. The van der Waals surface area contributed by atoms with Gasteiger partial charge in [0.1, 0.15) is 21.6 Å². The SMILES string of the molecule is O=C1C(=Cc2c(NCCCn3ccnc3)nc3ccccn3c2=O)SC(=S)N1Cc1ccc(F)cc1. The largest absolute Gasteiger partial charge is 0.369 e. The smallest absolute Gasteiger partial charge is 0.267 e. The van der Waals surface area contributed by atoms with Crippen LogP contribution in [-0.2, 0) is 17.9 Å². The summed E-state index contributed by atoms with van der Waals surface area (Å²) < 4.78 is 17.1. The molecule has 1 aliphatic rings. The average molecular weight is 521 g/mol. The van der Waals surface area contributed by atoms with E-state index in [-0.39, 0.29) is 29.4 Å². The monoisotopic (exact) mass is 520 g/mol. The molecule has 8 nitrogen and oxygen atoms in total. The van der Waals surface area contributed by atoms with Crippen molar-refractivity contribution >= 4 is 51.7 Å². The van der Waals surface area contributed by atoms with Gasteiger partial charge in [0.2, 0.25) is 0 Å². The van der Waals surface area contributed by atoms with Crippen LogP contribution in [-0.4, -0.2) is 40.6 Å². The molecule has 4 heterocycles. The first-order valence-electron chi connectivity index (χ1n) is 11.2. The zero-order valence-corrected chi connectivity index (χ0v) is 20.6. The number of anilines is 1. The molecule has 1 aromatic carbocycles. The Kier molecular flexibility index (Phi) is 6.92. The second-order valence-electron chi connectivity index (χ2n) is 8.08. The third-order valence-electron chi connectivity index (χ3n) is 5.62. The minimum atomic E-state index is -0.349. The van der Waals surface area contributed by atoms with Crippen LogP contribution in [0.15, 0.2) is 77.1 Å². The Morgan fingerprint density at radius 3 is 2.72 bits per heavy atom. The van der Waals surface area contributed by atoms with Crippen LogP contribution in [0.1, 0.15) is 17.5 Å². The van der Waals surface area contributed by atoms with E-state index in [9.17, 15) is 14.0 Å². The fraction of sp³-hybridized carbons (Fsp3) is 0.160. The molecule has 0 unspecified atom stereocenters. The molecule has 182 valence electrons. The minimum absolute atomic E-state index is 0.219. The Hall–Kier alpha value is -3.83. The van der Waals surface area contributed by atoms with Gasteiger partial charge in [-0.1, -0.05) is 42.2 Å². The summed E-state index contributed by atoms with van der Waals surface area (Å²) in [5, 5.41) is 3.26. The first kappa shape index (κ1) is 23.9. The maximum atomic E-state index is 13.4. The van der Waals surface area contributed by atoms with Crippen molar-refractivity contribution in [3.8, 4) is 0 Å². The number of nitrogens with zero attached hydrogens (tertiary/aromatic N) is 5. The highest BCUT2D eigenvalue weighted by molar-refractivity contribution is 8.26. The molecular weight excluding hydrogens is 499 g/mol. The van der Waals surface area contributed by atoms with E-state index >= 15 is 0 Å². The third-order valence-corrected chi connectivity index (χ3v) is 6.99. The van der Waals surface area contributed by atoms with Gasteiger partial charge in [-0.15, -0.1) is 0 Å². The number of hydrogen-bond donors (Lipinski definition) is 1. The number of benzene rings is 1. The van der Waals surface area contributed by atoms with E-state index in [1.54, 1.807) is 49.1 Å². The maximum absolute atomic E-state index is 13.4. The standard InChI is InChI=1S/C25H21FN6O2S2/c26-18-7-5-17(6-8-18)15-32-24(34)20(36-25(32)35)14-19-22(28-9-3-11-30-13-10-27-16-30)29-21-4-1-2-12-31(21)23(19)33/h1-2,4-8,10,12-14,16,28H,3,9,11,15H2. The topological polar surface area (TPSA) is 84.5 Å². The van der Waals surface area contributed by atoms with Gasteiger partial charge >= 0.3 is 0 Å². The van der Waals surface area contributed by atoms with Crippen LogP contribution in [0.3, 0.4) is 0 Å². The number of imidazole rings is 1. The van der Waals surface area contributed by atoms with E-state index in [0.29, 0.717) is 27.2 Å². The zero-order chi connectivity index (χ0) is 25.1. The van der Waals surface area contributed by atoms with E-state index in [2.05, 4.69) is 15.3 Å². The lowest BCUT2D eigenvalue weighted by Crippen LogP contribution is -2.27. The Bertz CT molecular complexity index is 1520. The van der Waals surface area contributed by atoms with Gasteiger partial charge in [-0.2, -0.15) is 0 Å². The summed E-state index contributed by atoms with van der Waals surface area (Å²) in [6.45, 7) is 1.55. The van der Waals surface area contributed by atoms with Gasteiger partial charge in [0, 0.05) is 31.7 Å². The normalized spacial score (nSPS) is 14.8. The lowest BCUT2D eigenvalue weighted by atomic mass is 10.2. The first-order valence-corrected chi connectivity index (χ1v) is 12.4. The molecule has 1 aliphatic heterocycles. The molecular formula is C25H21FN6O2S2. The van der Waals surface area contributed by atoms with E-state index in [1.807, 2.05) is 16.8 Å². The fourth-order valence-electron chi connectivity index (χ4n) is 3.79. The van der Waals surface area contributed by atoms with Crippen LogP contribution < -0.4 is 10.9 Å². The number of fused-ring (bicyclic) bond motifs is 1. The van der Waals surface area contributed by atoms with Gasteiger partial charge < -0.3 is 9.88 Å². The summed E-state index contributed by atoms with van der Waals surface area (Å²) in [6.07, 6.45) is 9.34. The molecule has 3 aromatic heterocycles. The van der Waals surface area contributed by atoms with Crippen molar-refractivity contribution in [3.63, 3.8) is 0 Å². The van der Waals surface area contributed by atoms with Crippen molar-refractivity contribution in [2.24, 2.45) is 0 Å². The first-order chi connectivity index (χ1) is 17.5. The van der Waals surface area contributed by atoms with Crippen LogP contribution in [0.5, 0.6) is 0 Å². The van der Waals surface area contributed by atoms with Crippen LogP contribution in [0.25, 0.3) is 11.7 Å². The molecule has 0 atom stereocenters. The summed E-state index contributed by atoms with van der Waals surface area (Å²) in [7, 11) is 0. The van der Waals surface area contributed by atoms with Crippen molar-refractivity contribution in [2.45, 2.75) is 19.5 Å². The molecule has 4 aromatic rings. The summed E-state index contributed by atoms with van der Waals surface area (Å²) in [5.74, 6) is -0.253. The van der Waals surface area contributed by atoms with Gasteiger partial charge in [-0.25, -0.2) is 14.4 Å². The van der Waals surface area contributed by atoms with Crippen LogP contribution in [0, 0.1) is 5.82 Å². The van der Waals surface area contributed by atoms with Gasteiger partial charge in [0.25, 0.3) is 11.5 Å². The van der Waals surface area contributed by atoms with Gasteiger partial charge in [-0.3, -0.25) is 18.9 Å². The number of rotatable bonds is 8. The number of pyridine rings is 1. The molecule has 0 saturated carbocycles. The summed E-state index contributed by atoms with van der Waals surface area (Å²) >= 11 is 6.56. The Balaban J connectivity index is 1.42. The number of thioether (sulfide) groups is 1. The molecule has 0 spiro atoms. The Morgan fingerprint density at radius 2 is 1.94 bits per heavy atom. The fourth-order valence-corrected chi connectivity index (χ4v) is 5.03. The van der Waals surface area contributed by atoms with E-state index in [0.717, 1.165) is 30.3 Å². The number of amides is 1. The molecule has 0 aliphatic carbocycles. The second kappa shape index (κ2) is 10.4. The highest BCUT2D eigenvalue weighted by Gasteiger charge is 2.32. The minimum Gasteiger partial charge on any atom is -0.369 e. The predicted octanol–water partition coefficient (Wildman–Crippen LogP) is 3.93. The lowest BCUT2D eigenvalue weighted by molar-refractivity contribution is -0.122. The number of nitrogens with one attached hydrogen (secondary N) is 1. The molecule has 1 saturated heterocycles. The van der Waals surface area contributed by atoms with Crippen molar-refractivity contribution in [1.82, 2.24) is 23.8 Å². The molecule has 1 amide bonds. The molecule has 36 heavy (non-hydrogen) atoms. The van der Waals surface area contributed by atoms with E-state index in [4.69, 9.17) is 12.2 Å². The quantitative estimate of drug-likeness (QED) is 0.214. The van der Waals surface area contributed by atoms with Gasteiger partial charge in [0.15, 0.2) is 0 Å². The van der Waals surface area contributed by atoms with E-state index in [1.165, 1.54) is 21.4 Å². The van der Waals surface area contributed by atoms with Gasteiger partial charge in [0.05, 0.1) is 23.3 Å². The number of carbonyl (C=O) groups is 1. The highest BCUT2D eigenvalue weighted by Crippen LogP contribution is 2.34. The van der Waals surface area contributed by atoms with Crippen LogP contribution in [0.4, 0.5) is 10.2 Å². The van der Waals surface area contributed by atoms with Crippen molar-refractivity contribution in [2.75, 3.05) is 11.9 Å². The predicted molar refractivity (Wildman–Crippen MR) is 142 cm³/mol. The number of carbonyl (C=O) groups excluding carboxylic acids is 1. The van der Waals surface area contributed by atoms with Crippen molar-refractivity contribution < 1.29 is 9.18 Å². The molecule has 5 rings (SSSR count). The number of aryl methyl sites for hydroxylation is 1. The van der Waals surface area contributed by atoms with E-state index < -0.39 is 0 Å². The third kappa shape index (κ3) is 5.07. The maximum Gasteiger partial charge on any atom is 0.267 e. The second-order valence-corrected chi connectivity index (χ2v) is 9.76. The number of thiocarbonyl (C=S) groups is 1. The van der Waals surface area contributed by atoms with Gasteiger partial charge in [-0.05, 0) is 42.3 Å². The van der Waals surface area contributed by atoms with Crippen molar-refractivity contribution in [1.29, 1.82) is 0 Å². The summed E-state index contributed by atoms with van der Waals surface area (Å²) in [6, 6.07) is 11.2. The zero-order valence-electron chi connectivity index (χ0n) is 19.0. The number of hydrogen-bond acceptors (Lipinski definition) is 7. The molecule has 1 N–H and O–H groups in total. The lowest BCUT2D eigenvalue weighted by Gasteiger charge is -2.14.